The predicted octanol–water partition coefficient (Wildman–Crippen LogP) is 2.79. The molecular formula is C15H13FN4O3. The summed E-state index contributed by atoms with van der Waals surface area (Å²) in [4.78, 5) is 16.4. The minimum absolute atomic E-state index is 0.157. The van der Waals surface area contributed by atoms with E-state index in [1.807, 2.05) is 0 Å². The van der Waals surface area contributed by atoms with E-state index in [9.17, 15) is 9.18 Å². The molecule has 0 radical (unpaired) electrons. The first-order valence-corrected chi connectivity index (χ1v) is 7.22. The molecule has 23 heavy (non-hydrogen) atoms. The zero-order valence-electron chi connectivity index (χ0n) is 12.0. The number of hydrogen-bond acceptors (Lipinski definition) is 5. The van der Waals surface area contributed by atoms with Gasteiger partial charge in [0, 0.05) is 12.0 Å². The number of benzene rings is 1. The zero-order valence-corrected chi connectivity index (χ0v) is 12.0. The van der Waals surface area contributed by atoms with Crippen LogP contribution in [0.2, 0.25) is 0 Å². The number of halogens is 1. The molecule has 3 aromatic rings. The molecule has 7 nitrogen and oxygen atoms in total. The maximum Gasteiger partial charge on any atom is 0.279 e. The Bertz CT molecular complexity index is 867. The molecule has 1 saturated heterocycles. The number of rotatable bonds is 3. The standard InChI is InChI=1S/C15H13FN4O3/c16-8-3-4-10-9(6-8)14(20-19-10)18-15(21)12-13(23-7-17-12)11-2-1-5-22-11/h3-4,6-7,11H,1-2,5H2,(H2,18,19,20,21). The van der Waals surface area contributed by atoms with Crippen molar-refractivity contribution in [1.29, 1.82) is 0 Å². The van der Waals surface area contributed by atoms with Gasteiger partial charge in [-0.05, 0) is 31.0 Å². The summed E-state index contributed by atoms with van der Waals surface area (Å²) in [6.07, 6.45) is 2.65. The van der Waals surface area contributed by atoms with E-state index in [4.69, 9.17) is 9.15 Å². The van der Waals surface area contributed by atoms with Crippen molar-refractivity contribution in [2.45, 2.75) is 18.9 Å². The van der Waals surface area contributed by atoms with Crippen LogP contribution in [-0.4, -0.2) is 27.7 Å². The number of carbonyl (C=O) groups excluding carboxylic acids is 1. The molecule has 2 N–H and O–H groups in total. The number of nitrogens with zero attached hydrogens (tertiary/aromatic N) is 2. The highest BCUT2D eigenvalue weighted by Gasteiger charge is 2.28. The number of H-pyrrole nitrogens is 1. The zero-order chi connectivity index (χ0) is 15.8. The van der Waals surface area contributed by atoms with Crippen LogP contribution in [0.3, 0.4) is 0 Å². The molecule has 1 aromatic carbocycles. The minimum atomic E-state index is -0.470. The Labute approximate surface area is 129 Å². The van der Waals surface area contributed by atoms with E-state index >= 15 is 0 Å². The number of hydrogen-bond donors (Lipinski definition) is 2. The predicted molar refractivity (Wildman–Crippen MR) is 78.4 cm³/mol. The molecule has 0 spiro atoms. The average Bonchev–Trinajstić information content (AvgIpc) is 3.27. The average molecular weight is 316 g/mol. The Hall–Kier alpha value is -2.74. The van der Waals surface area contributed by atoms with Crippen LogP contribution in [0.15, 0.2) is 29.0 Å². The lowest BCUT2D eigenvalue weighted by Gasteiger charge is -2.07. The maximum absolute atomic E-state index is 13.4. The number of carbonyl (C=O) groups is 1. The molecule has 1 aliphatic rings. The fraction of sp³-hybridized carbons (Fsp3) is 0.267. The summed E-state index contributed by atoms with van der Waals surface area (Å²) < 4.78 is 24.2. The summed E-state index contributed by atoms with van der Waals surface area (Å²) in [5.41, 5.74) is 0.783. The van der Waals surface area contributed by atoms with Crippen LogP contribution in [0, 0.1) is 5.82 Å². The first kappa shape index (κ1) is 13.9. The SMILES string of the molecule is O=C(Nc1n[nH]c2ccc(F)cc12)c1ncoc1C1CCCO1. The molecule has 2 aromatic heterocycles. The normalized spacial score (nSPS) is 17.7. The quantitative estimate of drug-likeness (QED) is 0.775. The number of anilines is 1. The molecule has 1 unspecified atom stereocenters. The van der Waals surface area contributed by atoms with Crippen molar-refractivity contribution >= 4 is 22.6 Å². The first-order valence-electron chi connectivity index (χ1n) is 7.22. The van der Waals surface area contributed by atoms with E-state index in [2.05, 4.69) is 20.5 Å². The number of fused-ring (bicyclic) bond motifs is 1. The molecule has 1 atom stereocenters. The van der Waals surface area contributed by atoms with Crippen molar-refractivity contribution in [3.05, 3.63) is 41.9 Å². The van der Waals surface area contributed by atoms with Crippen molar-refractivity contribution in [1.82, 2.24) is 15.2 Å². The van der Waals surface area contributed by atoms with Gasteiger partial charge < -0.3 is 14.5 Å². The largest absolute Gasteiger partial charge is 0.445 e. The van der Waals surface area contributed by atoms with Gasteiger partial charge in [-0.3, -0.25) is 9.89 Å². The fourth-order valence-corrected chi connectivity index (χ4v) is 2.69. The monoisotopic (exact) mass is 316 g/mol. The summed E-state index contributed by atoms with van der Waals surface area (Å²) in [6, 6.07) is 4.18. The van der Waals surface area contributed by atoms with Gasteiger partial charge in [0.1, 0.15) is 11.9 Å². The lowest BCUT2D eigenvalue weighted by Crippen LogP contribution is -2.16. The molecule has 118 valence electrons. The summed E-state index contributed by atoms with van der Waals surface area (Å²) >= 11 is 0. The molecule has 1 amide bonds. The Morgan fingerprint density at radius 1 is 1.43 bits per heavy atom. The highest BCUT2D eigenvalue weighted by Crippen LogP contribution is 2.31. The van der Waals surface area contributed by atoms with Crippen LogP contribution in [0.5, 0.6) is 0 Å². The van der Waals surface area contributed by atoms with Gasteiger partial charge >= 0.3 is 0 Å². The van der Waals surface area contributed by atoms with Gasteiger partial charge in [-0.15, -0.1) is 0 Å². The first-order chi connectivity index (χ1) is 11.2. The smallest absolute Gasteiger partial charge is 0.279 e. The molecule has 1 fully saturated rings. The van der Waals surface area contributed by atoms with Crippen LogP contribution in [0.1, 0.15) is 35.2 Å². The second-order valence-corrected chi connectivity index (χ2v) is 5.28. The molecule has 4 rings (SSSR count). The Kier molecular flexibility index (Phi) is 3.30. The summed E-state index contributed by atoms with van der Waals surface area (Å²) in [7, 11) is 0. The highest BCUT2D eigenvalue weighted by molar-refractivity contribution is 6.07. The van der Waals surface area contributed by atoms with Gasteiger partial charge in [-0.25, -0.2) is 9.37 Å². The summed E-state index contributed by atoms with van der Waals surface area (Å²) in [5, 5.41) is 9.86. The van der Waals surface area contributed by atoms with Crippen molar-refractivity contribution in [3.8, 4) is 0 Å². The Balaban J connectivity index is 1.62. The molecule has 3 heterocycles. The summed E-state index contributed by atoms with van der Waals surface area (Å²) in [5.74, 6) is -0.227. The number of nitrogens with one attached hydrogen (secondary N) is 2. The van der Waals surface area contributed by atoms with Crippen molar-refractivity contribution in [3.63, 3.8) is 0 Å². The van der Waals surface area contributed by atoms with E-state index in [1.54, 1.807) is 6.07 Å². The second-order valence-electron chi connectivity index (χ2n) is 5.28. The van der Waals surface area contributed by atoms with Gasteiger partial charge in [-0.2, -0.15) is 5.10 Å². The van der Waals surface area contributed by atoms with Crippen molar-refractivity contribution in [2.75, 3.05) is 11.9 Å². The van der Waals surface area contributed by atoms with Gasteiger partial charge in [0.25, 0.3) is 5.91 Å². The highest BCUT2D eigenvalue weighted by atomic mass is 19.1. The summed E-state index contributed by atoms with van der Waals surface area (Å²) in [6.45, 7) is 0.635. The number of aromatic amines is 1. The van der Waals surface area contributed by atoms with E-state index in [0.717, 1.165) is 12.8 Å². The number of amides is 1. The van der Waals surface area contributed by atoms with Crippen LogP contribution >= 0.6 is 0 Å². The molecule has 0 saturated carbocycles. The van der Waals surface area contributed by atoms with E-state index < -0.39 is 11.7 Å². The van der Waals surface area contributed by atoms with Crippen LogP contribution in [0.4, 0.5) is 10.2 Å². The molecule has 8 heteroatoms. The van der Waals surface area contributed by atoms with E-state index in [0.29, 0.717) is 23.3 Å². The molecule has 0 bridgehead atoms. The van der Waals surface area contributed by atoms with Crippen molar-refractivity contribution in [2.24, 2.45) is 0 Å². The fourth-order valence-electron chi connectivity index (χ4n) is 2.69. The minimum Gasteiger partial charge on any atom is -0.445 e. The number of ether oxygens (including phenoxy) is 1. The maximum atomic E-state index is 13.4. The number of oxazole rings is 1. The van der Waals surface area contributed by atoms with E-state index in [1.165, 1.54) is 18.5 Å². The third-order valence-electron chi connectivity index (χ3n) is 3.79. The van der Waals surface area contributed by atoms with Gasteiger partial charge in [0.05, 0.1) is 5.52 Å². The van der Waals surface area contributed by atoms with Crippen LogP contribution in [-0.2, 0) is 4.74 Å². The molecule has 1 aliphatic heterocycles. The lowest BCUT2D eigenvalue weighted by atomic mass is 10.1. The second kappa shape index (κ2) is 5.47. The van der Waals surface area contributed by atoms with Gasteiger partial charge in [0.2, 0.25) is 0 Å². The molecular weight excluding hydrogens is 303 g/mol. The lowest BCUT2D eigenvalue weighted by molar-refractivity contribution is 0.0889. The Morgan fingerprint density at radius 3 is 3.17 bits per heavy atom. The van der Waals surface area contributed by atoms with Crippen LogP contribution < -0.4 is 5.32 Å². The Morgan fingerprint density at radius 2 is 2.35 bits per heavy atom. The van der Waals surface area contributed by atoms with E-state index in [-0.39, 0.29) is 17.6 Å². The third-order valence-corrected chi connectivity index (χ3v) is 3.79. The van der Waals surface area contributed by atoms with Crippen molar-refractivity contribution < 1.29 is 18.3 Å². The third kappa shape index (κ3) is 2.46. The van der Waals surface area contributed by atoms with Gasteiger partial charge in [0.15, 0.2) is 23.7 Å². The topological polar surface area (TPSA) is 93.0 Å². The number of aromatic nitrogens is 3. The molecule has 0 aliphatic carbocycles. The van der Waals surface area contributed by atoms with Crippen LogP contribution in [0.25, 0.3) is 10.9 Å². The van der Waals surface area contributed by atoms with Gasteiger partial charge in [-0.1, -0.05) is 0 Å².